The van der Waals surface area contributed by atoms with Crippen LogP contribution in [0, 0.1) is 5.92 Å². The van der Waals surface area contributed by atoms with Gasteiger partial charge in [0.1, 0.15) is 19.3 Å². The fourth-order valence-electron chi connectivity index (χ4n) is 9.54. The van der Waals surface area contributed by atoms with Gasteiger partial charge in [-0.1, -0.05) is 264 Å². The van der Waals surface area contributed by atoms with Gasteiger partial charge in [0.05, 0.1) is 26.4 Å². The molecule has 0 aromatic carbocycles. The Morgan fingerprint density at radius 1 is 0.372 bits per heavy atom. The molecule has 506 valence electrons. The van der Waals surface area contributed by atoms with E-state index >= 15 is 0 Å². The second-order valence-corrected chi connectivity index (χ2v) is 26.7. The van der Waals surface area contributed by atoms with Gasteiger partial charge in [0.25, 0.3) is 0 Å². The van der Waals surface area contributed by atoms with E-state index in [1.54, 1.807) is 0 Å². The van der Waals surface area contributed by atoms with Crippen molar-refractivity contribution < 1.29 is 80.2 Å². The summed E-state index contributed by atoms with van der Waals surface area (Å²) in [5.41, 5.74) is 0. The van der Waals surface area contributed by atoms with Gasteiger partial charge in [-0.05, 0) is 57.3 Å². The summed E-state index contributed by atoms with van der Waals surface area (Å²) >= 11 is 0. The molecule has 0 radical (unpaired) electrons. The van der Waals surface area contributed by atoms with Gasteiger partial charge in [0.2, 0.25) is 0 Å². The van der Waals surface area contributed by atoms with Gasteiger partial charge in [-0.15, -0.1) is 0 Å². The van der Waals surface area contributed by atoms with Gasteiger partial charge in [-0.2, -0.15) is 0 Å². The Balaban J connectivity index is 5.26. The third kappa shape index (κ3) is 59.2. The SMILES string of the molecule is CCCCCC/C=C\C=C/CCCCCCCC(=O)O[C@H](COC(=O)CCCCCCCCCCC(C)CC)COP(=O)(O)OC[C@@H](O)COP(=O)(O)OC[C@@H](COC(=O)CCCCCCCCC)OC(=O)CCCCCCCCCCCCCC. The van der Waals surface area contributed by atoms with Crippen molar-refractivity contribution in [1.82, 2.24) is 0 Å². The molecule has 3 N–H and O–H groups in total. The van der Waals surface area contributed by atoms with Crippen LogP contribution in [0.15, 0.2) is 24.3 Å². The average molecular weight is 1270 g/mol. The van der Waals surface area contributed by atoms with Gasteiger partial charge in [-0.3, -0.25) is 37.3 Å². The molecule has 0 saturated heterocycles. The maximum atomic E-state index is 13.0. The normalized spacial score (nSPS) is 14.7. The highest BCUT2D eigenvalue weighted by Gasteiger charge is 2.30. The van der Waals surface area contributed by atoms with Crippen molar-refractivity contribution in [1.29, 1.82) is 0 Å². The zero-order valence-corrected chi connectivity index (χ0v) is 56.7. The molecule has 0 heterocycles. The molecule has 0 bridgehead atoms. The Hall–Kier alpha value is -2.46. The highest BCUT2D eigenvalue weighted by molar-refractivity contribution is 7.47. The minimum Gasteiger partial charge on any atom is -0.462 e. The summed E-state index contributed by atoms with van der Waals surface area (Å²) in [5.74, 6) is -1.39. The molecule has 19 heteroatoms. The van der Waals surface area contributed by atoms with E-state index in [4.69, 9.17) is 37.0 Å². The molecule has 0 spiro atoms. The summed E-state index contributed by atoms with van der Waals surface area (Å²) in [7, 11) is -9.90. The summed E-state index contributed by atoms with van der Waals surface area (Å²) in [6.07, 6.45) is 48.0. The standard InChI is InChI=1S/C67H126O17P2/c1-6-10-13-16-19-21-23-25-26-27-29-31-38-43-48-53-67(72)84-63(57-78-65(70)51-46-41-36-33-32-35-39-44-49-60(5)9-4)59-82-86(75,76)80-55-61(68)54-79-85(73,74)81-58-62(56-77-64(69)50-45-40-34-18-15-12-8-3)83-66(71)52-47-42-37-30-28-24-22-20-17-14-11-7-2/h21,23,25-26,60-63,68H,6-20,22,24,27-59H2,1-5H3,(H,73,74)(H,75,76)/b23-21-,26-25-/t60?,61-,62+,63+/m0/s1. The first-order chi connectivity index (χ1) is 41.6. The number of ether oxygens (including phenoxy) is 4. The molecule has 17 nitrogen and oxygen atoms in total. The van der Waals surface area contributed by atoms with Crippen LogP contribution in [-0.2, 0) is 65.4 Å². The molecule has 0 amide bonds. The Morgan fingerprint density at radius 3 is 0.988 bits per heavy atom. The summed E-state index contributed by atoms with van der Waals surface area (Å²) in [4.78, 5) is 72.2. The molecule has 6 atom stereocenters. The molecule has 0 aliphatic heterocycles. The number of hydrogen-bond acceptors (Lipinski definition) is 15. The van der Waals surface area contributed by atoms with Gasteiger partial charge in [-0.25, -0.2) is 9.13 Å². The van der Waals surface area contributed by atoms with Crippen molar-refractivity contribution in [2.24, 2.45) is 5.92 Å². The number of aliphatic hydroxyl groups is 1. The number of aliphatic hydroxyl groups excluding tert-OH is 1. The van der Waals surface area contributed by atoms with E-state index in [0.717, 1.165) is 121 Å². The fraction of sp³-hybridized carbons (Fsp3) is 0.881. The largest absolute Gasteiger partial charge is 0.472 e. The number of allylic oxidation sites excluding steroid dienone is 4. The Labute approximate surface area is 522 Å². The van der Waals surface area contributed by atoms with Crippen molar-refractivity contribution in [2.75, 3.05) is 39.6 Å². The fourth-order valence-corrected chi connectivity index (χ4v) is 11.1. The van der Waals surface area contributed by atoms with E-state index in [1.165, 1.54) is 116 Å². The Bertz CT molecular complexity index is 1760. The van der Waals surface area contributed by atoms with E-state index < -0.39 is 97.5 Å². The van der Waals surface area contributed by atoms with Gasteiger partial charge >= 0.3 is 39.5 Å². The highest BCUT2D eigenvalue weighted by Crippen LogP contribution is 2.45. The summed E-state index contributed by atoms with van der Waals surface area (Å²) < 4.78 is 68.0. The second-order valence-electron chi connectivity index (χ2n) is 23.8. The zero-order chi connectivity index (χ0) is 63.5. The van der Waals surface area contributed by atoms with Gasteiger partial charge < -0.3 is 33.8 Å². The average Bonchev–Trinajstić information content (AvgIpc) is 3.68. The van der Waals surface area contributed by atoms with Crippen molar-refractivity contribution in [3.05, 3.63) is 24.3 Å². The minimum absolute atomic E-state index is 0.0846. The lowest BCUT2D eigenvalue weighted by atomic mass is 9.99. The lowest BCUT2D eigenvalue weighted by Gasteiger charge is -2.21. The van der Waals surface area contributed by atoms with Crippen LogP contribution in [-0.4, -0.2) is 96.7 Å². The minimum atomic E-state index is -4.96. The molecular formula is C67H126O17P2. The lowest BCUT2D eigenvalue weighted by Crippen LogP contribution is -2.30. The maximum Gasteiger partial charge on any atom is 0.472 e. The van der Waals surface area contributed by atoms with Crippen molar-refractivity contribution >= 4 is 39.5 Å². The number of esters is 4. The second kappa shape index (κ2) is 60.1. The van der Waals surface area contributed by atoms with Crippen LogP contribution in [0.5, 0.6) is 0 Å². The van der Waals surface area contributed by atoms with E-state index in [0.29, 0.717) is 25.7 Å². The molecule has 3 unspecified atom stereocenters. The molecule has 0 aliphatic rings. The summed E-state index contributed by atoms with van der Waals surface area (Å²) in [5, 5.41) is 10.5. The number of carbonyl (C=O) groups is 4. The molecule has 0 aromatic rings. The van der Waals surface area contributed by atoms with Crippen LogP contribution < -0.4 is 0 Å². The number of carbonyl (C=O) groups excluding carboxylic acids is 4. The summed E-state index contributed by atoms with van der Waals surface area (Å²) in [6, 6.07) is 0. The third-order valence-electron chi connectivity index (χ3n) is 15.3. The number of rotatable bonds is 65. The van der Waals surface area contributed by atoms with E-state index in [-0.39, 0.29) is 25.7 Å². The van der Waals surface area contributed by atoms with Crippen molar-refractivity contribution in [3.8, 4) is 0 Å². The summed E-state index contributed by atoms with van der Waals surface area (Å²) in [6.45, 7) is 7.11. The first-order valence-electron chi connectivity index (χ1n) is 34.5. The number of hydrogen-bond donors (Lipinski definition) is 3. The quantitative estimate of drug-likeness (QED) is 0.0169. The van der Waals surface area contributed by atoms with Crippen LogP contribution in [0.1, 0.15) is 317 Å². The van der Waals surface area contributed by atoms with Crippen LogP contribution in [0.4, 0.5) is 0 Å². The van der Waals surface area contributed by atoms with Crippen molar-refractivity contribution in [3.63, 3.8) is 0 Å². The van der Waals surface area contributed by atoms with E-state index in [9.17, 15) is 43.2 Å². The zero-order valence-electron chi connectivity index (χ0n) is 54.9. The molecular weight excluding hydrogens is 1140 g/mol. The number of phosphoric acid groups is 2. The highest BCUT2D eigenvalue weighted by atomic mass is 31.2. The van der Waals surface area contributed by atoms with Gasteiger partial charge in [0, 0.05) is 25.7 Å². The molecule has 0 saturated carbocycles. The predicted octanol–water partition coefficient (Wildman–Crippen LogP) is 18.5. The third-order valence-corrected chi connectivity index (χ3v) is 17.2. The maximum absolute atomic E-state index is 13.0. The molecule has 0 aromatic heterocycles. The predicted molar refractivity (Wildman–Crippen MR) is 344 cm³/mol. The van der Waals surface area contributed by atoms with Crippen LogP contribution in [0.3, 0.4) is 0 Å². The van der Waals surface area contributed by atoms with Crippen LogP contribution in [0.25, 0.3) is 0 Å². The van der Waals surface area contributed by atoms with E-state index in [1.807, 2.05) is 0 Å². The van der Waals surface area contributed by atoms with Crippen molar-refractivity contribution in [2.45, 2.75) is 335 Å². The smallest absolute Gasteiger partial charge is 0.462 e. The molecule has 0 rings (SSSR count). The first kappa shape index (κ1) is 83.5. The number of unbranched alkanes of at least 4 members (excludes halogenated alkanes) is 33. The molecule has 86 heavy (non-hydrogen) atoms. The topological polar surface area (TPSA) is 237 Å². The number of phosphoric ester groups is 2. The Morgan fingerprint density at radius 2 is 0.651 bits per heavy atom. The molecule has 0 fully saturated rings. The van der Waals surface area contributed by atoms with Crippen LogP contribution in [0.2, 0.25) is 0 Å². The van der Waals surface area contributed by atoms with E-state index in [2.05, 4.69) is 58.9 Å². The van der Waals surface area contributed by atoms with Crippen LogP contribution >= 0.6 is 15.6 Å². The first-order valence-corrected chi connectivity index (χ1v) is 37.5. The Kier molecular flexibility index (Phi) is 58.4. The lowest BCUT2D eigenvalue weighted by molar-refractivity contribution is -0.161. The molecule has 0 aliphatic carbocycles. The van der Waals surface area contributed by atoms with Gasteiger partial charge in [0.15, 0.2) is 12.2 Å². The monoisotopic (exact) mass is 1260 g/mol.